The van der Waals surface area contributed by atoms with E-state index in [0.717, 1.165) is 29.9 Å². The van der Waals surface area contributed by atoms with Crippen LogP contribution in [0.5, 0.6) is 0 Å². The van der Waals surface area contributed by atoms with Gasteiger partial charge in [0.25, 0.3) is 0 Å². The van der Waals surface area contributed by atoms with E-state index in [4.69, 9.17) is 0 Å². The van der Waals surface area contributed by atoms with Crippen molar-refractivity contribution in [3.63, 3.8) is 0 Å². The molecular formula is C28H44O3. The summed E-state index contributed by atoms with van der Waals surface area (Å²) in [6, 6.07) is 0. The van der Waals surface area contributed by atoms with E-state index in [9.17, 15) is 15.3 Å². The molecule has 0 heterocycles. The third-order valence-electron chi connectivity index (χ3n) is 9.32. The highest BCUT2D eigenvalue weighted by Crippen LogP contribution is 2.70. The van der Waals surface area contributed by atoms with Crippen LogP contribution < -0.4 is 0 Å². The minimum Gasteiger partial charge on any atom is -0.393 e. The van der Waals surface area contributed by atoms with E-state index in [2.05, 4.69) is 25.7 Å². The van der Waals surface area contributed by atoms with Crippen LogP contribution in [0, 0.1) is 22.7 Å². The van der Waals surface area contributed by atoms with E-state index in [1.165, 1.54) is 51.4 Å². The van der Waals surface area contributed by atoms with E-state index < -0.39 is 17.8 Å². The van der Waals surface area contributed by atoms with Gasteiger partial charge in [0.1, 0.15) is 0 Å². The predicted octanol–water partition coefficient (Wildman–Crippen LogP) is 5.85. The first kappa shape index (κ1) is 23.3. The van der Waals surface area contributed by atoms with Crippen LogP contribution in [0.4, 0.5) is 0 Å². The predicted molar refractivity (Wildman–Crippen MR) is 127 cm³/mol. The van der Waals surface area contributed by atoms with Crippen molar-refractivity contribution in [2.24, 2.45) is 22.7 Å². The number of rotatable bonds is 6. The summed E-state index contributed by atoms with van der Waals surface area (Å²) >= 11 is 0. The Labute approximate surface area is 189 Å². The van der Waals surface area contributed by atoms with Gasteiger partial charge in [-0.15, -0.1) is 0 Å². The zero-order valence-corrected chi connectivity index (χ0v) is 20.0. The summed E-state index contributed by atoms with van der Waals surface area (Å²) in [7, 11) is 0. The molecule has 4 saturated carbocycles. The quantitative estimate of drug-likeness (QED) is 0.497. The highest BCUT2D eigenvalue weighted by atomic mass is 16.3. The van der Waals surface area contributed by atoms with Crippen molar-refractivity contribution in [1.82, 2.24) is 0 Å². The summed E-state index contributed by atoms with van der Waals surface area (Å²) in [4.78, 5) is 0. The van der Waals surface area contributed by atoms with E-state index >= 15 is 0 Å². The molecule has 0 amide bonds. The van der Waals surface area contributed by atoms with Crippen LogP contribution in [0.25, 0.3) is 0 Å². The molecule has 4 rings (SSSR count). The molecule has 4 aliphatic carbocycles. The fraction of sp³-hybridized carbons (Fsp3) is 0.786. The van der Waals surface area contributed by atoms with E-state index in [1.54, 1.807) is 5.57 Å². The first-order valence-corrected chi connectivity index (χ1v) is 12.7. The number of hydrogen-bond acceptors (Lipinski definition) is 3. The van der Waals surface area contributed by atoms with Crippen LogP contribution in [0.15, 0.2) is 35.5 Å². The number of aliphatic hydroxyl groups excluding tert-OH is 2. The average Bonchev–Trinajstić information content (AvgIpc) is 3.35. The van der Waals surface area contributed by atoms with Crippen LogP contribution in [-0.4, -0.2) is 33.1 Å². The lowest BCUT2D eigenvalue weighted by Gasteiger charge is -2.45. The highest BCUT2D eigenvalue weighted by Gasteiger charge is 2.60. The number of allylic oxidation sites excluding steroid dienone is 3. The lowest BCUT2D eigenvalue weighted by Crippen LogP contribution is -2.37. The highest BCUT2D eigenvalue weighted by molar-refractivity contribution is 5.38. The number of hydrogen-bond donors (Lipinski definition) is 3. The number of aliphatic hydroxyl groups is 3. The molecule has 0 aromatic heterocycles. The Balaban J connectivity index is 1.49. The van der Waals surface area contributed by atoms with Gasteiger partial charge in [-0.3, -0.25) is 0 Å². The maximum atomic E-state index is 10.2. The third kappa shape index (κ3) is 4.75. The standard InChI is InChI=1S/C28H44O3/c1-19-21(17-22(29)18-24(19)30)9-8-20-7-5-13-27(4)23(20)10-11-25(27)28(15-16-28)14-6-12-26(2,3)31/h8-9,22-25,29-31H,1,5-7,10-18H2,2-4H3/t22-,23+,24+,25+,27+/m1/s1. The van der Waals surface area contributed by atoms with Gasteiger partial charge < -0.3 is 15.3 Å². The van der Waals surface area contributed by atoms with Crippen molar-refractivity contribution < 1.29 is 15.3 Å². The molecule has 0 aromatic carbocycles. The fourth-order valence-corrected chi connectivity index (χ4v) is 7.52. The zero-order chi connectivity index (χ0) is 22.4. The second-order valence-electron chi connectivity index (χ2n) is 12.1. The van der Waals surface area contributed by atoms with E-state index in [1.807, 2.05) is 13.8 Å². The lowest BCUT2D eigenvalue weighted by molar-refractivity contribution is 0.0521. The molecule has 0 aromatic rings. The van der Waals surface area contributed by atoms with Crippen molar-refractivity contribution in [3.05, 3.63) is 35.5 Å². The summed E-state index contributed by atoms with van der Waals surface area (Å²) in [6.45, 7) is 10.5. The van der Waals surface area contributed by atoms with Gasteiger partial charge in [0.15, 0.2) is 0 Å². The molecule has 3 heteroatoms. The second kappa shape index (κ2) is 8.47. The smallest absolute Gasteiger partial charge is 0.0811 e. The maximum Gasteiger partial charge on any atom is 0.0811 e. The minimum absolute atomic E-state index is 0.399. The van der Waals surface area contributed by atoms with Gasteiger partial charge in [0.05, 0.1) is 17.8 Å². The monoisotopic (exact) mass is 428 g/mol. The van der Waals surface area contributed by atoms with Crippen molar-refractivity contribution in [3.8, 4) is 0 Å². The summed E-state index contributed by atoms with van der Waals surface area (Å²) in [6.07, 6.45) is 16.9. The van der Waals surface area contributed by atoms with Crippen molar-refractivity contribution >= 4 is 0 Å². The van der Waals surface area contributed by atoms with Crippen molar-refractivity contribution in [2.45, 2.75) is 116 Å². The normalized spacial score (nSPS) is 40.4. The minimum atomic E-state index is -0.612. The molecule has 4 aliphatic rings. The second-order valence-corrected chi connectivity index (χ2v) is 12.1. The van der Waals surface area contributed by atoms with Gasteiger partial charge in [-0.05, 0) is 112 Å². The Morgan fingerprint density at radius 1 is 1.13 bits per heavy atom. The largest absolute Gasteiger partial charge is 0.393 e. The van der Waals surface area contributed by atoms with Crippen LogP contribution >= 0.6 is 0 Å². The van der Waals surface area contributed by atoms with Gasteiger partial charge in [0, 0.05) is 6.42 Å². The molecule has 0 spiro atoms. The molecule has 5 atom stereocenters. The third-order valence-corrected chi connectivity index (χ3v) is 9.32. The first-order chi connectivity index (χ1) is 14.5. The van der Waals surface area contributed by atoms with Gasteiger partial charge in [-0.1, -0.05) is 37.6 Å². The van der Waals surface area contributed by atoms with Crippen molar-refractivity contribution in [2.75, 3.05) is 0 Å². The molecule has 0 saturated heterocycles. The van der Waals surface area contributed by atoms with Gasteiger partial charge in [-0.25, -0.2) is 0 Å². The Bertz CT molecular complexity index is 751. The Kier molecular flexibility index (Phi) is 6.35. The maximum absolute atomic E-state index is 10.2. The molecule has 31 heavy (non-hydrogen) atoms. The molecule has 4 fully saturated rings. The first-order valence-electron chi connectivity index (χ1n) is 12.7. The Morgan fingerprint density at radius 3 is 2.55 bits per heavy atom. The molecule has 0 unspecified atom stereocenters. The summed E-state index contributed by atoms with van der Waals surface area (Å²) < 4.78 is 0. The van der Waals surface area contributed by atoms with E-state index in [0.29, 0.717) is 29.6 Å². The molecule has 0 aliphatic heterocycles. The lowest BCUT2D eigenvalue weighted by atomic mass is 9.59. The molecule has 3 nitrogen and oxygen atoms in total. The van der Waals surface area contributed by atoms with Crippen LogP contribution in [-0.2, 0) is 0 Å². The van der Waals surface area contributed by atoms with Gasteiger partial charge in [-0.2, -0.15) is 0 Å². The fourth-order valence-electron chi connectivity index (χ4n) is 7.52. The summed E-state index contributed by atoms with van der Waals surface area (Å²) in [5.74, 6) is 1.48. The number of fused-ring (bicyclic) bond motifs is 1. The Morgan fingerprint density at radius 2 is 1.87 bits per heavy atom. The topological polar surface area (TPSA) is 60.7 Å². The van der Waals surface area contributed by atoms with E-state index in [-0.39, 0.29) is 0 Å². The SMILES string of the molecule is C=C1C(=CC=C2CCC[C@]3(C)[C@@H](C4(CCCC(C)(C)O)CC4)CC[C@@H]23)C[C@@H](O)C[C@@H]1O. The van der Waals surface area contributed by atoms with Crippen molar-refractivity contribution in [1.29, 1.82) is 0 Å². The average molecular weight is 429 g/mol. The van der Waals surface area contributed by atoms with Gasteiger partial charge >= 0.3 is 0 Å². The molecule has 174 valence electrons. The molecular weight excluding hydrogens is 384 g/mol. The van der Waals surface area contributed by atoms with Crippen LogP contribution in [0.2, 0.25) is 0 Å². The Hall–Kier alpha value is -0.900. The van der Waals surface area contributed by atoms with Crippen LogP contribution in [0.3, 0.4) is 0 Å². The van der Waals surface area contributed by atoms with Gasteiger partial charge in [0.2, 0.25) is 0 Å². The zero-order valence-electron chi connectivity index (χ0n) is 20.0. The molecule has 3 N–H and O–H groups in total. The summed E-state index contributed by atoms with van der Waals surface area (Å²) in [5, 5.41) is 30.4. The summed E-state index contributed by atoms with van der Waals surface area (Å²) in [5.41, 5.74) is 3.77. The molecule has 0 bridgehead atoms. The molecule has 0 radical (unpaired) electrons. The van der Waals surface area contributed by atoms with Crippen LogP contribution in [0.1, 0.15) is 97.8 Å².